The highest BCUT2D eigenvalue weighted by atomic mass is 19.4. The first-order valence-electron chi connectivity index (χ1n) is 7.26. The summed E-state index contributed by atoms with van der Waals surface area (Å²) in [5.74, 6) is -0.385. The summed E-state index contributed by atoms with van der Waals surface area (Å²) < 4.78 is 38.2. The Kier molecular flexibility index (Phi) is 5.05. The second-order valence-electron chi connectivity index (χ2n) is 5.14. The van der Waals surface area contributed by atoms with Crippen LogP contribution in [-0.4, -0.2) is 22.4 Å². The lowest BCUT2D eigenvalue weighted by molar-refractivity contribution is -0.137. The molecule has 22 heavy (non-hydrogen) atoms. The molecule has 2 N–H and O–H groups in total. The van der Waals surface area contributed by atoms with Gasteiger partial charge in [0.2, 0.25) is 0 Å². The Bertz CT molecular complexity index is 649. The predicted molar refractivity (Wildman–Crippen MR) is 77.6 cm³/mol. The van der Waals surface area contributed by atoms with Crippen LogP contribution in [0.4, 0.5) is 13.2 Å². The number of pyridine rings is 1. The maximum absolute atomic E-state index is 12.7. The van der Waals surface area contributed by atoms with Gasteiger partial charge in [-0.3, -0.25) is 4.79 Å². The standard InChI is InChI=1S/C15H18F3N3O/c1-2-3-4-5-6-19-14(22)12-9-21-13-11(12)7-10(8-20-13)15(16,17)18/h7-9H,2-6H2,1H3,(H,19,22)(H,20,21). The van der Waals surface area contributed by atoms with E-state index in [0.717, 1.165) is 37.9 Å². The van der Waals surface area contributed by atoms with Crippen LogP contribution in [0.25, 0.3) is 11.0 Å². The van der Waals surface area contributed by atoms with E-state index in [1.54, 1.807) is 0 Å². The van der Waals surface area contributed by atoms with Gasteiger partial charge in [-0.2, -0.15) is 13.2 Å². The molecule has 4 nitrogen and oxygen atoms in total. The molecule has 0 unspecified atom stereocenters. The largest absolute Gasteiger partial charge is 0.417 e. The third-order valence-electron chi connectivity index (χ3n) is 3.42. The molecule has 2 aromatic rings. The minimum absolute atomic E-state index is 0.181. The van der Waals surface area contributed by atoms with Crippen LogP contribution >= 0.6 is 0 Å². The molecular weight excluding hydrogens is 295 g/mol. The van der Waals surface area contributed by atoms with Crippen LogP contribution in [0, 0.1) is 0 Å². The highest BCUT2D eigenvalue weighted by molar-refractivity contribution is 6.06. The molecule has 0 bridgehead atoms. The third kappa shape index (κ3) is 3.78. The first kappa shape index (κ1) is 16.3. The normalized spacial score (nSPS) is 11.8. The lowest BCUT2D eigenvalue weighted by Gasteiger charge is -2.07. The molecule has 2 heterocycles. The zero-order valence-electron chi connectivity index (χ0n) is 12.3. The van der Waals surface area contributed by atoms with E-state index in [4.69, 9.17) is 0 Å². The van der Waals surface area contributed by atoms with Gasteiger partial charge in [0.1, 0.15) is 5.65 Å². The zero-order valence-corrected chi connectivity index (χ0v) is 12.3. The van der Waals surface area contributed by atoms with Crippen molar-refractivity contribution >= 4 is 16.9 Å². The summed E-state index contributed by atoms with van der Waals surface area (Å²) in [5.41, 5.74) is -0.412. The molecule has 0 saturated carbocycles. The summed E-state index contributed by atoms with van der Waals surface area (Å²) >= 11 is 0. The van der Waals surface area contributed by atoms with E-state index in [2.05, 4.69) is 22.2 Å². The Morgan fingerprint density at radius 3 is 2.77 bits per heavy atom. The van der Waals surface area contributed by atoms with E-state index in [-0.39, 0.29) is 22.5 Å². The van der Waals surface area contributed by atoms with Crippen LogP contribution in [0.5, 0.6) is 0 Å². The van der Waals surface area contributed by atoms with Crippen molar-refractivity contribution < 1.29 is 18.0 Å². The molecular formula is C15H18F3N3O. The van der Waals surface area contributed by atoms with E-state index in [0.29, 0.717) is 6.54 Å². The number of aromatic amines is 1. The number of amides is 1. The molecule has 2 rings (SSSR count). The average molecular weight is 313 g/mol. The zero-order chi connectivity index (χ0) is 16.2. The molecule has 1 amide bonds. The maximum atomic E-state index is 12.7. The van der Waals surface area contributed by atoms with Gasteiger partial charge < -0.3 is 10.3 Å². The number of alkyl halides is 3. The van der Waals surface area contributed by atoms with Crippen molar-refractivity contribution in [3.05, 3.63) is 29.6 Å². The summed E-state index contributed by atoms with van der Waals surface area (Å²) in [4.78, 5) is 18.5. The van der Waals surface area contributed by atoms with Gasteiger partial charge in [-0.25, -0.2) is 4.98 Å². The molecule has 0 aliphatic carbocycles. The van der Waals surface area contributed by atoms with Crippen molar-refractivity contribution in [2.45, 2.75) is 38.8 Å². The minimum Gasteiger partial charge on any atom is -0.352 e. The second-order valence-corrected chi connectivity index (χ2v) is 5.14. The number of hydrogen-bond acceptors (Lipinski definition) is 2. The van der Waals surface area contributed by atoms with Crippen LogP contribution in [-0.2, 0) is 6.18 Å². The van der Waals surface area contributed by atoms with Crippen LogP contribution in [0.15, 0.2) is 18.5 Å². The van der Waals surface area contributed by atoms with Crippen molar-refractivity contribution in [1.29, 1.82) is 0 Å². The van der Waals surface area contributed by atoms with Crippen molar-refractivity contribution in [1.82, 2.24) is 15.3 Å². The summed E-state index contributed by atoms with van der Waals surface area (Å²) in [6, 6.07) is 0.949. The van der Waals surface area contributed by atoms with Crippen molar-refractivity contribution in [3.8, 4) is 0 Å². The molecule has 7 heteroatoms. The highest BCUT2D eigenvalue weighted by Crippen LogP contribution is 2.31. The summed E-state index contributed by atoms with van der Waals surface area (Å²) in [6.07, 6.45) is 1.74. The van der Waals surface area contributed by atoms with Crippen LogP contribution < -0.4 is 5.32 Å². The van der Waals surface area contributed by atoms with E-state index >= 15 is 0 Å². The smallest absolute Gasteiger partial charge is 0.352 e. The molecule has 2 aromatic heterocycles. The molecule has 120 valence electrons. The fourth-order valence-corrected chi connectivity index (χ4v) is 2.20. The lowest BCUT2D eigenvalue weighted by atomic mass is 10.1. The Hall–Kier alpha value is -2.05. The topological polar surface area (TPSA) is 57.8 Å². The molecule has 0 saturated heterocycles. The first-order chi connectivity index (χ1) is 10.4. The highest BCUT2D eigenvalue weighted by Gasteiger charge is 2.31. The number of aromatic nitrogens is 2. The van der Waals surface area contributed by atoms with E-state index in [1.807, 2.05) is 0 Å². The van der Waals surface area contributed by atoms with E-state index in [9.17, 15) is 18.0 Å². The fraction of sp³-hybridized carbons (Fsp3) is 0.467. The van der Waals surface area contributed by atoms with Crippen molar-refractivity contribution in [3.63, 3.8) is 0 Å². The Balaban J connectivity index is 2.12. The minimum atomic E-state index is -4.48. The molecule has 0 fully saturated rings. The first-order valence-corrected chi connectivity index (χ1v) is 7.26. The number of carbonyl (C=O) groups excluding carboxylic acids is 1. The van der Waals surface area contributed by atoms with Gasteiger partial charge in [-0.15, -0.1) is 0 Å². The van der Waals surface area contributed by atoms with Gasteiger partial charge in [0.05, 0.1) is 11.1 Å². The molecule has 0 atom stereocenters. The SMILES string of the molecule is CCCCCCNC(=O)c1c[nH]c2ncc(C(F)(F)F)cc12. The number of carbonyl (C=O) groups is 1. The Morgan fingerprint density at radius 2 is 2.09 bits per heavy atom. The number of nitrogens with one attached hydrogen (secondary N) is 2. The van der Waals surface area contributed by atoms with Crippen molar-refractivity contribution in [2.24, 2.45) is 0 Å². The summed E-state index contributed by atoms with van der Waals surface area (Å²) in [7, 11) is 0. The van der Waals surface area contributed by atoms with Crippen LogP contribution in [0.1, 0.15) is 48.5 Å². The number of H-pyrrole nitrogens is 1. The number of unbranched alkanes of at least 4 members (excludes halogenated alkanes) is 3. The van der Waals surface area contributed by atoms with Crippen LogP contribution in [0.2, 0.25) is 0 Å². The van der Waals surface area contributed by atoms with E-state index < -0.39 is 11.7 Å². The van der Waals surface area contributed by atoms with Gasteiger partial charge >= 0.3 is 6.18 Å². The maximum Gasteiger partial charge on any atom is 0.417 e. The fourth-order valence-electron chi connectivity index (χ4n) is 2.20. The third-order valence-corrected chi connectivity index (χ3v) is 3.42. The average Bonchev–Trinajstić information content (AvgIpc) is 2.89. The van der Waals surface area contributed by atoms with Gasteiger partial charge in [0.15, 0.2) is 0 Å². The molecule has 0 spiro atoms. The van der Waals surface area contributed by atoms with Gasteiger partial charge in [-0.05, 0) is 12.5 Å². The number of rotatable bonds is 6. The number of halogens is 3. The van der Waals surface area contributed by atoms with E-state index in [1.165, 1.54) is 6.20 Å². The summed E-state index contributed by atoms with van der Waals surface area (Å²) in [5, 5.41) is 2.91. The molecule has 0 aliphatic rings. The van der Waals surface area contributed by atoms with Gasteiger partial charge in [-0.1, -0.05) is 26.2 Å². The predicted octanol–water partition coefficient (Wildman–Crippen LogP) is 3.89. The Morgan fingerprint density at radius 1 is 1.32 bits per heavy atom. The van der Waals surface area contributed by atoms with Crippen molar-refractivity contribution in [2.75, 3.05) is 6.54 Å². The van der Waals surface area contributed by atoms with Gasteiger partial charge in [0.25, 0.3) is 5.91 Å². The van der Waals surface area contributed by atoms with Gasteiger partial charge in [0, 0.05) is 24.3 Å². The lowest BCUT2D eigenvalue weighted by Crippen LogP contribution is -2.24. The summed E-state index contributed by atoms with van der Waals surface area (Å²) in [6.45, 7) is 2.60. The number of fused-ring (bicyclic) bond motifs is 1. The second kappa shape index (κ2) is 6.81. The number of hydrogen-bond donors (Lipinski definition) is 2. The quantitative estimate of drug-likeness (QED) is 0.795. The molecule has 0 aliphatic heterocycles. The number of nitrogens with zero attached hydrogens (tertiary/aromatic N) is 1. The molecule has 0 radical (unpaired) electrons. The monoisotopic (exact) mass is 313 g/mol. The van der Waals surface area contributed by atoms with Crippen LogP contribution in [0.3, 0.4) is 0 Å². The molecule has 0 aromatic carbocycles. The Labute approximate surface area is 126 Å².